The van der Waals surface area contributed by atoms with Crippen molar-refractivity contribution >= 4 is 39.4 Å². The Kier molecular flexibility index (Phi) is 5.49. The molecule has 1 N–H and O–H groups in total. The highest BCUT2D eigenvalue weighted by Gasteiger charge is 2.33. The minimum atomic E-state index is -4.47. The van der Waals surface area contributed by atoms with Gasteiger partial charge in [-0.2, -0.15) is 13.2 Å². The third-order valence-electron chi connectivity index (χ3n) is 5.70. The molecule has 1 amide bonds. The maximum atomic E-state index is 13.4. The zero-order chi connectivity index (χ0) is 23.7. The molecule has 0 atom stereocenters. The van der Waals surface area contributed by atoms with E-state index < -0.39 is 11.7 Å². The molecule has 5 rings (SSSR count). The van der Waals surface area contributed by atoms with Gasteiger partial charge in [0, 0.05) is 47.3 Å². The van der Waals surface area contributed by atoms with Gasteiger partial charge in [-0.05, 0) is 54.5 Å². The second kappa shape index (κ2) is 8.62. The first-order valence-corrected chi connectivity index (χ1v) is 10.6. The van der Waals surface area contributed by atoms with E-state index in [1.807, 2.05) is 18.2 Å². The van der Waals surface area contributed by atoms with Gasteiger partial charge in [-0.1, -0.05) is 18.2 Å². The fraction of sp³-hybridized carbons (Fsp3) is 0.115. The first-order chi connectivity index (χ1) is 16.4. The first kappa shape index (κ1) is 21.6. The average Bonchev–Trinajstić information content (AvgIpc) is 2.84. The lowest BCUT2D eigenvalue weighted by molar-refractivity contribution is -0.137. The molecule has 1 aliphatic rings. The zero-order valence-corrected chi connectivity index (χ0v) is 17.9. The second-order valence-electron chi connectivity index (χ2n) is 7.91. The van der Waals surface area contributed by atoms with Gasteiger partial charge in [-0.3, -0.25) is 14.8 Å². The molecule has 0 radical (unpaired) electrons. The SMILES string of the molecule is O=C(C=C1CCN(c2cccnc2)c2cc(C(F)(F)F)ccc21)Nc1ccc2cccnc2c1. The summed E-state index contributed by atoms with van der Waals surface area (Å²) in [4.78, 5) is 23.0. The minimum Gasteiger partial charge on any atom is -0.339 e. The number of hydrogen-bond donors (Lipinski definition) is 1. The van der Waals surface area contributed by atoms with Gasteiger partial charge in [0.15, 0.2) is 0 Å². The minimum absolute atomic E-state index is 0.356. The summed E-state index contributed by atoms with van der Waals surface area (Å²) in [6.07, 6.45) is 2.36. The lowest BCUT2D eigenvalue weighted by Gasteiger charge is -2.33. The summed E-state index contributed by atoms with van der Waals surface area (Å²) in [5, 5.41) is 3.79. The van der Waals surface area contributed by atoms with Gasteiger partial charge < -0.3 is 10.2 Å². The molecule has 0 spiro atoms. The number of nitrogens with one attached hydrogen (secondary N) is 1. The van der Waals surface area contributed by atoms with E-state index in [9.17, 15) is 18.0 Å². The van der Waals surface area contributed by atoms with Crippen LogP contribution in [0.25, 0.3) is 16.5 Å². The maximum Gasteiger partial charge on any atom is 0.416 e. The van der Waals surface area contributed by atoms with Crippen molar-refractivity contribution in [2.75, 3.05) is 16.8 Å². The van der Waals surface area contributed by atoms with E-state index in [1.165, 1.54) is 12.1 Å². The van der Waals surface area contributed by atoms with E-state index in [0.29, 0.717) is 41.2 Å². The van der Waals surface area contributed by atoms with Crippen LogP contribution in [0.1, 0.15) is 17.5 Å². The van der Waals surface area contributed by atoms with Crippen molar-refractivity contribution in [3.8, 4) is 0 Å². The molecule has 4 aromatic rings. The molecule has 0 bridgehead atoms. The van der Waals surface area contributed by atoms with Crippen LogP contribution in [0.3, 0.4) is 0 Å². The Bertz CT molecular complexity index is 1400. The predicted octanol–water partition coefficient (Wildman–Crippen LogP) is 6.21. The zero-order valence-electron chi connectivity index (χ0n) is 17.9. The van der Waals surface area contributed by atoms with E-state index in [2.05, 4.69) is 15.3 Å². The number of hydrogen-bond acceptors (Lipinski definition) is 4. The average molecular weight is 460 g/mol. The lowest BCUT2D eigenvalue weighted by Crippen LogP contribution is -2.25. The van der Waals surface area contributed by atoms with Crippen LogP contribution in [0.4, 0.5) is 30.2 Å². The van der Waals surface area contributed by atoms with Crippen molar-refractivity contribution < 1.29 is 18.0 Å². The highest BCUT2D eigenvalue weighted by Crippen LogP contribution is 2.42. The van der Waals surface area contributed by atoms with Crippen LogP contribution < -0.4 is 10.2 Å². The molecular formula is C26H19F3N4O. The number of carbonyl (C=O) groups is 1. The number of halogens is 3. The van der Waals surface area contributed by atoms with Crippen molar-refractivity contribution in [1.82, 2.24) is 9.97 Å². The lowest BCUT2D eigenvalue weighted by atomic mass is 9.93. The number of rotatable bonds is 3. The number of carbonyl (C=O) groups excluding carboxylic acids is 1. The summed E-state index contributed by atoms with van der Waals surface area (Å²) in [5.74, 6) is -0.356. The van der Waals surface area contributed by atoms with Gasteiger partial charge in [0.2, 0.25) is 5.91 Å². The molecule has 0 aliphatic carbocycles. The Hall–Kier alpha value is -4.20. The summed E-state index contributed by atoms with van der Waals surface area (Å²) in [7, 11) is 0. The second-order valence-corrected chi connectivity index (χ2v) is 7.91. The Labute approximate surface area is 193 Å². The topological polar surface area (TPSA) is 58.1 Å². The third kappa shape index (κ3) is 4.34. The Morgan fingerprint density at radius 1 is 1.03 bits per heavy atom. The predicted molar refractivity (Wildman–Crippen MR) is 126 cm³/mol. The molecule has 2 aromatic carbocycles. The Morgan fingerprint density at radius 3 is 2.68 bits per heavy atom. The van der Waals surface area contributed by atoms with Crippen molar-refractivity contribution in [2.24, 2.45) is 0 Å². The van der Waals surface area contributed by atoms with Gasteiger partial charge in [0.25, 0.3) is 0 Å². The number of benzene rings is 2. The normalized spacial score (nSPS) is 14.8. The Balaban J connectivity index is 1.48. The number of nitrogens with zero attached hydrogens (tertiary/aromatic N) is 3. The number of aromatic nitrogens is 2. The van der Waals surface area contributed by atoms with Crippen LogP contribution in [0.2, 0.25) is 0 Å². The number of fused-ring (bicyclic) bond motifs is 2. The van der Waals surface area contributed by atoms with Crippen LogP contribution in [-0.4, -0.2) is 22.4 Å². The van der Waals surface area contributed by atoms with Crippen molar-refractivity contribution in [3.63, 3.8) is 0 Å². The quantitative estimate of drug-likeness (QED) is 0.369. The van der Waals surface area contributed by atoms with Gasteiger partial charge in [0.1, 0.15) is 0 Å². The van der Waals surface area contributed by atoms with Crippen LogP contribution >= 0.6 is 0 Å². The molecule has 2 aromatic heterocycles. The third-order valence-corrected chi connectivity index (χ3v) is 5.70. The Morgan fingerprint density at radius 2 is 1.88 bits per heavy atom. The molecule has 8 heteroatoms. The fourth-order valence-corrected chi connectivity index (χ4v) is 4.10. The van der Waals surface area contributed by atoms with E-state index in [-0.39, 0.29) is 5.91 Å². The van der Waals surface area contributed by atoms with E-state index >= 15 is 0 Å². The maximum absolute atomic E-state index is 13.4. The number of pyridine rings is 2. The van der Waals surface area contributed by atoms with Crippen molar-refractivity contribution in [3.05, 3.63) is 96.5 Å². The van der Waals surface area contributed by atoms with Gasteiger partial charge >= 0.3 is 6.18 Å². The molecule has 170 valence electrons. The van der Waals surface area contributed by atoms with E-state index in [0.717, 1.165) is 23.0 Å². The smallest absolute Gasteiger partial charge is 0.339 e. The molecule has 34 heavy (non-hydrogen) atoms. The van der Waals surface area contributed by atoms with E-state index in [1.54, 1.807) is 47.8 Å². The molecule has 1 aliphatic heterocycles. The van der Waals surface area contributed by atoms with E-state index in [4.69, 9.17) is 0 Å². The molecule has 0 saturated carbocycles. The standard InChI is InChI=1S/C26H19F3N4O/c27-26(28,29)19-6-8-22-18(9-12-33(24(22)14-19)21-4-2-10-30-16-21)13-25(34)32-20-7-5-17-3-1-11-31-23(17)15-20/h1-8,10-11,13-16H,9,12H2,(H,32,34). The molecule has 3 heterocycles. The summed E-state index contributed by atoms with van der Waals surface area (Å²) in [6.45, 7) is 0.416. The van der Waals surface area contributed by atoms with Crippen LogP contribution in [0.5, 0.6) is 0 Å². The molecule has 5 nitrogen and oxygen atoms in total. The number of alkyl halides is 3. The monoisotopic (exact) mass is 460 g/mol. The number of amides is 1. The van der Waals surface area contributed by atoms with Crippen molar-refractivity contribution in [1.29, 1.82) is 0 Å². The van der Waals surface area contributed by atoms with Crippen molar-refractivity contribution in [2.45, 2.75) is 12.6 Å². The molecule has 0 unspecified atom stereocenters. The summed E-state index contributed by atoms with van der Waals surface area (Å²) in [6, 6.07) is 16.3. The summed E-state index contributed by atoms with van der Waals surface area (Å²) >= 11 is 0. The highest BCUT2D eigenvalue weighted by molar-refractivity contribution is 6.06. The van der Waals surface area contributed by atoms with Gasteiger partial charge in [-0.15, -0.1) is 0 Å². The van der Waals surface area contributed by atoms with Crippen LogP contribution in [0, 0.1) is 0 Å². The van der Waals surface area contributed by atoms with Crippen LogP contribution in [-0.2, 0) is 11.0 Å². The molecule has 0 saturated heterocycles. The van der Waals surface area contributed by atoms with Crippen LogP contribution in [0.15, 0.2) is 85.3 Å². The largest absolute Gasteiger partial charge is 0.416 e. The first-order valence-electron chi connectivity index (χ1n) is 10.6. The summed E-state index contributed by atoms with van der Waals surface area (Å²) < 4.78 is 40.3. The van der Waals surface area contributed by atoms with Gasteiger partial charge in [-0.25, -0.2) is 0 Å². The van der Waals surface area contributed by atoms with Gasteiger partial charge in [0.05, 0.1) is 23.0 Å². The number of anilines is 3. The fourth-order valence-electron chi connectivity index (χ4n) is 4.10. The molecule has 0 fully saturated rings. The summed E-state index contributed by atoms with van der Waals surface area (Å²) in [5.41, 5.74) is 2.93. The molecular weight excluding hydrogens is 441 g/mol. The highest BCUT2D eigenvalue weighted by atomic mass is 19.4.